The molecule has 66 valence electrons. The van der Waals surface area contributed by atoms with E-state index in [4.69, 9.17) is 5.41 Å². The van der Waals surface area contributed by atoms with Crippen molar-refractivity contribution in [3.63, 3.8) is 0 Å². The topological polar surface area (TPSA) is 23.9 Å². The maximum Gasteiger partial charge on any atom is 0.00582 e. The van der Waals surface area contributed by atoms with Gasteiger partial charge in [0.05, 0.1) is 0 Å². The lowest BCUT2D eigenvalue weighted by molar-refractivity contribution is 0.385. The Hall–Kier alpha value is -0.330. The lowest BCUT2D eigenvalue weighted by Gasteiger charge is -2.14. The van der Waals surface area contributed by atoms with E-state index >= 15 is 0 Å². The smallest absolute Gasteiger partial charge is 0.00582 e. The Morgan fingerprint density at radius 2 is 1.82 bits per heavy atom. The van der Waals surface area contributed by atoms with Gasteiger partial charge in [-0.25, -0.2) is 0 Å². The van der Waals surface area contributed by atoms with Gasteiger partial charge in [-0.3, -0.25) is 0 Å². The highest BCUT2D eigenvalue weighted by Crippen LogP contribution is 2.16. The van der Waals surface area contributed by atoms with Crippen molar-refractivity contribution in [3.8, 4) is 0 Å². The summed E-state index contributed by atoms with van der Waals surface area (Å²) in [6.07, 6.45) is 3.44. The first kappa shape index (κ1) is 10.7. The van der Waals surface area contributed by atoms with Crippen molar-refractivity contribution in [1.82, 2.24) is 0 Å². The van der Waals surface area contributed by atoms with Crippen LogP contribution >= 0.6 is 0 Å². The second-order valence-electron chi connectivity index (χ2n) is 3.89. The Labute approximate surface area is 70.7 Å². The van der Waals surface area contributed by atoms with Gasteiger partial charge in [-0.15, -0.1) is 0 Å². The molecule has 0 bridgehead atoms. The van der Waals surface area contributed by atoms with Gasteiger partial charge in [0, 0.05) is 5.71 Å². The van der Waals surface area contributed by atoms with Crippen LogP contribution in [0.25, 0.3) is 0 Å². The highest BCUT2D eigenvalue weighted by atomic mass is 14.4. The maximum atomic E-state index is 7.25. The van der Waals surface area contributed by atoms with Gasteiger partial charge in [0.2, 0.25) is 0 Å². The molecule has 0 aromatic carbocycles. The second-order valence-corrected chi connectivity index (χ2v) is 3.89. The Balaban J connectivity index is 3.31. The fraction of sp³-hybridized carbons (Fsp3) is 0.900. The van der Waals surface area contributed by atoms with Crippen LogP contribution in [0.15, 0.2) is 0 Å². The molecule has 0 saturated heterocycles. The fourth-order valence-electron chi connectivity index (χ4n) is 1.02. The molecule has 0 radical (unpaired) electrons. The molecule has 0 spiro atoms. The largest absolute Gasteiger partial charge is 0.310 e. The molecule has 0 aliphatic carbocycles. The van der Waals surface area contributed by atoms with Crippen LogP contribution in [0, 0.1) is 17.2 Å². The van der Waals surface area contributed by atoms with E-state index < -0.39 is 0 Å². The Morgan fingerprint density at radius 3 is 2.18 bits per heavy atom. The lowest BCUT2D eigenvalue weighted by Crippen LogP contribution is -2.04. The zero-order valence-corrected chi connectivity index (χ0v) is 8.28. The molecule has 0 aliphatic rings. The Bertz CT molecular complexity index is 116. The summed E-state index contributed by atoms with van der Waals surface area (Å²) in [4.78, 5) is 0. The van der Waals surface area contributed by atoms with Crippen LogP contribution in [-0.4, -0.2) is 5.71 Å². The summed E-state index contributed by atoms with van der Waals surface area (Å²) in [5.74, 6) is 1.61. The van der Waals surface area contributed by atoms with E-state index in [1.807, 2.05) is 6.92 Å². The molecule has 0 aromatic heterocycles. The Morgan fingerprint density at radius 1 is 1.27 bits per heavy atom. The zero-order chi connectivity index (χ0) is 8.85. The third kappa shape index (κ3) is 6.08. The third-order valence-corrected chi connectivity index (χ3v) is 2.35. The first-order chi connectivity index (χ1) is 5.04. The molecule has 0 aliphatic heterocycles. The van der Waals surface area contributed by atoms with Crippen molar-refractivity contribution < 1.29 is 0 Å². The predicted octanol–water partition coefficient (Wildman–Crippen LogP) is 3.49. The van der Waals surface area contributed by atoms with Crippen LogP contribution < -0.4 is 0 Å². The van der Waals surface area contributed by atoms with E-state index in [1.165, 1.54) is 12.8 Å². The number of nitrogens with one attached hydrogen (secondary N) is 1. The third-order valence-electron chi connectivity index (χ3n) is 2.35. The van der Waals surface area contributed by atoms with E-state index in [2.05, 4.69) is 20.8 Å². The summed E-state index contributed by atoms with van der Waals surface area (Å²) in [5.41, 5.74) is 0.820. The summed E-state index contributed by atoms with van der Waals surface area (Å²) < 4.78 is 0. The van der Waals surface area contributed by atoms with Crippen molar-refractivity contribution in [2.75, 3.05) is 0 Å². The maximum absolute atomic E-state index is 7.25. The van der Waals surface area contributed by atoms with Crippen LogP contribution in [0.2, 0.25) is 0 Å². The Kier molecular flexibility index (Phi) is 5.18. The van der Waals surface area contributed by atoms with Gasteiger partial charge in [0.1, 0.15) is 0 Å². The minimum atomic E-state index is 0.793. The summed E-state index contributed by atoms with van der Waals surface area (Å²) in [5, 5.41) is 7.25. The first-order valence-electron chi connectivity index (χ1n) is 4.58. The van der Waals surface area contributed by atoms with E-state index in [9.17, 15) is 0 Å². The van der Waals surface area contributed by atoms with Gasteiger partial charge in [-0.05, 0) is 31.6 Å². The molecule has 0 rings (SSSR count). The summed E-state index contributed by atoms with van der Waals surface area (Å²) in [6, 6.07) is 0. The summed E-state index contributed by atoms with van der Waals surface area (Å²) in [7, 11) is 0. The number of hydrogen-bond donors (Lipinski definition) is 1. The molecule has 11 heavy (non-hydrogen) atoms. The van der Waals surface area contributed by atoms with Crippen molar-refractivity contribution in [2.45, 2.75) is 47.0 Å². The molecule has 1 N–H and O–H groups in total. The van der Waals surface area contributed by atoms with Gasteiger partial charge in [0.15, 0.2) is 0 Å². The predicted molar refractivity (Wildman–Crippen MR) is 51.3 cm³/mol. The molecule has 0 heterocycles. The first-order valence-corrected chi connectivity index (χ1v) is 4.58. The molecule has 1 atom stereocenters. The molecule has 1 nitrogen and oxygen atoms in total. The average Bonchev–Trinajstić information content (AvgIpc) is 1.86. The van der Waals surface area contributed by atoms with Gasteiger partial charge in [-0.1, -0.05) is 27.2 Å². The standard InChI is InChI=1S/C10H21N/c1-8(2)9(3)6-5-7-10(4)11/h8-9,11H,5-7H2,1-4H3/t9-/m1/s1. The number of rotatable bonds is 5. The zero-order valence-electron chi connectivity index (χ0n) is 8.28. The van der Waals surface area contributed by atoms with Crippen molar-refractivity contribution in [3.05, 3.63) is 0 Å². The monoisotopic (exact) mass is 155 g/mol. The van der Waals surface area contributed by atoms with Gasteiger partial charge in [0.25, 0.3) is 0 Å². The molecule has 0 amide bonds. The van der Waals surface area contributed by atoms with E-state index in [0.717, 1.165) is 24.0 Å². The minimum absolute atomic E-state index is 0.793. The summed E-state index contributed by atoms with van der Waals surface area (Å²) >= 11 is 0. The molecular weight excluding hydrogens is 134 g/mol. The summed E-state index contributed by atoms with van der Waals surface area (Å²) in [6.45, 7) is 8.72. The fourth-order valence-corrected chi connectivity index (χ4v) is 1.02. The van der Waals surface area contributed by atoms with Crippen LogP contribution in [0.3, 0.4) is 0 Å². The molecule has 0 saturated carbocycles. The molecule has 0 unspecified atom stereocenters. The van der Waals surface area contributed by atoms with Crippen LogP contribution in [-0.2, 0) is 0 Å². The van der Waals surface area contributed by atoms with E-state index in [-0.39, 0.29) is 0 Å². The molecular formula is C10H21N. The highest BCUT2D eigenvalue weighted by molar-refractivity contribution is 5.78. The van der Waals surface area contributed by atoms with E-state index in [1.54, 1.807) is 0 Å². The normalized spacial score (nSPS) is 13.5. The number of hydrogen-bond acceptors (Lipinski definition) is 1. The van der Waals surface area contributed by atoms with Gasteiger partial charge < -0.3 is 5.41 Å². The van der Waals surface area contributed by atoms with Crippen molar-refractivity contribution in [1.29, 1.82) is 5.41 Å². The van der Waals surface area contributed by atoms with Crippen molar-refractivity contribution >= 4 is 5.71 Å². The highest BCUT2D eigenvalue weighted by Gasteiger charge is 2.05. The van der Waals surface area contributed by atoms with E-state index in [0.29, 0.717) is 0 Å². The SMILES string of the molecule is CC(=N)CCC[C@@H](C)C(C)C. The lowest BCUT2D eigenvalue weighted by atomic mass is 9.92. The van der Waals surface area contributed by atoms with Gasteiger partial charge >= 0.3 is 0 Å². The minimum Gasteiger partial charge on any atom is -0.310 e. The second kappa shape index (κ2) is 5.34. The molecule has 0 aromatic rings. The molecule has 1 heteroatoms. The quantitative estimate of drug-likeness (QED) is 0.588. The van der Waals surface area contributed by atoms with Crippen LogP contribution in [0.4, 0.5) is 0 Å². The average molecular weight is 155 g/mol. The van der Waals surface area contributed by atoms with Crippen LogP contribution in [0.1, 0.15) is 47.0 Å². The molecule has 0 fully saturated rings. The van der Waals surface area contributed by atoms with Crippen LogP contribution in [0.5, 0.6) is 0 Å². The van der Waals surface area contributed by atoms with Crippen molar-refractivity contribution in [2.24, 2.45) is 11.8 Å². The van der Waals surface area contributed by atoms with Gasteiger partial charge in [-0.2, -0.15) is 0 Å².